The number of benzene rings is 2. The summed E-state index contributed by atoms with van der Waals surface area (Å²) >= 11 is 0. The third-order valence-corrected chi connectivity index (χ3v) is 3.18. The maximum absolute atomic E-state index is 14.3. The fourth-order valence-corrected chi connectivity index (χ4v) is 2.15. The first-order valence-corrected chi connectivity index (χ1v) is 7.18. The van der Waals surface area contributed by atoms with E-state index in [9.17, 15) is 13.6 Å². The highest BCUT2D eigenvalue weighted by Gasteiger charge is 2.26. The molecule has 7 heteroatoms. The number of methoxy groups -OCH3 is 1. The Morgan fingerprint density at radius 3 is 2.29 bits per heavy atom. The largest absolute Gasteiger partial charge is 0.497 e. The van der Waals surface area contributed by atoms with Crippen molar-refractivity contribution in [3.8, 4) is 17.2 Å². The zero-order valence-electron chi connectivity index (χ0n) is 13.2. The molecule has 0 saturated carbocycles. The van der Waals surface area contributed by atoms with E-state index in [-0.39, 0.29) is 12.4 Å². The summed E-state index contributed by atoms with van der Waals surface area (Å²) in [6.45, 7) is 1.67. The first-order valence-electron chi connectivity index (χ1n) is 7.18. The van der Waals surface area contributed by atoms with Gasteiger partial charge >= 0.3 is 0 Å². The van der Waals surface area contributed by atoms with Crippen LogP contribution in [0.4, 0.5) is 8.78 Å². The van der Waals surface area contributed by atoms with Gasteiger partial charge in [-0.25, -0.2) is 8.78 Å². The number of hydrogen-bond donors (Lipinski definition) is 1. The van der Waals surface area contributed by atoms with Crippen molar-refractivity contribution in [2.75, 3.05) is 13.7 Å². The van der Waals surface area contributed by atoms with Gasteiger partial charge < -0.3 is 19.9 Å². The van der Waals surface area contributed by atoms with Crippen LogP contribution in [0.2, 0.25) is 0 Å². The molecule has 0 aliphatic carbocycles. The van der Waals surface area contributed by atoms with Crippen molar-refractivity contribution in [1.29, 1.82) is 0 Å². The molecule has 0 saturated heterocycles. The summed E-state index contributed by atoms with van der Waals surface area (Å²) in [5, 5.41) is 0. The third kappa shape index (κ3) is 3.99. The minimum Gasteiger partial charge on any atom is -0.497 e. The van der Waals surface area contributed by atoms with E-state index in [0.29, 0.717) is 11.5 Å². The van der Waals surface area contributed by atoms with Gasteiger partial charge in [-0.3, -0.25) is 4.79 Å². The van der Waals surface area contributed by atoms with Gasteiger partial charge in [-0.15, -0.1) is 0 Å². The number of halogens is 2. The van der Waals surface area contributed by atoms with Crippen LogP contribution in [0.1, 0.15) is 18.6 Å². The molecule has 2 aromatic rings. The average Bonchev–Trinajstić information content (AvgIpc) is 2.53. The van der Waals surface area contributed by atoms with Gasteiger partial charge in [0.2, 0.25) is 0 Å². The molecular weight excluding hydrogens is 320 g/mol. The first kappa shape index (κ1) is 17.7. The van der Waals surface area contributed by atoms with Crippen LogP contribution in [-0.4, -0.2) is 19.6 Å². The molecule has 128 valence electrons. The second kappa shape index (κ2) is 7.74. The normalized spacial score (nSPS) is 11.8. The van der Waals surface area contributed by atoms with E-state index >= 15 is 0 Å². The Labute approximate surface area is 137 Å². The smallest absolute Gasteiger partial charge is 0.251 e. The van der Waals surface area contributed by atoms with Gasteiger partial charge in [0.1, 0.15) is 28.9 Å². The number of amides is 1. The number of ether oxygens (including phenoxy) is 3. The molecule has 0 aliphatic heterocycles. The van der Waals surface area contributed by atoms with E-state index in [4.69, 9.17) is 19.9 Å². The molecule has 2 aromatic carbocycles. The summed E-state index contributed by atoms with van der Waals surface area (Å²) < 4.78 is 44.0. The number of primary amides is 1. The Bertz CT molecular complexity index is 713. The van der Waals surface area contributed by atoms with Crippen LogP contribution < -0.4 is 15.2 Å². The molecule has 0 aromatic heterocycles. The minimum atomic E-state index is -1.50. The zero-order chi connectivity index (χ0) is 17.7. The Morgan fingerprint density at radius 1 is 1.12 bits per heavy atom. The molecule has 0 aliphatic rings. The predicted molar refractivity (Wildman–Crippen MR) is 83.0 cm³/mol. The molecule has 2 rings (SSSR count). The van der Waals surface area contributed by atoms with Gasteiger partial charge in [0, 0.05) is 24.8 Å². The van der Waals surface area contributed by atoms with Crippen molar-refractivity contribution in [2.24, 2.45) is 5.73 Å². The standard InChI is InChI=1S/C17H17F2NO4/c1-3-23-16(17(20)21)15-13(18)8-12(9-14(15)19)24-11-6-4-5-10(7-11)22-2/h4-9,16H,3H2,1-2H3,(H2,20,21). The number of carbonyl (C=O) groups is 1. The van der Waals surface area contributed by atoms with Gasteiger partial charge in [0.15, 0.2) is 6.10 Å². The number of rotatable bonds is 7. The molecule has 0 bridgehead atoms. The predicted octanol–water partition coefficient (Wildman–Crippen LogP) is 3.33. The van der Waals surface area contributed by atoms with E-state index in [2.05, 4.69) is 0 Å². The van der Waals surface area contributed by atoms with Crippen molar-refractivity contribution in [3.63, 3.8) is 0 Å². The topological polar surface area (TPSA) is 70.8 Å². The number of hydrogen-bond acceptors (Lipinski definition) is 4. The van der Waals surface area contributed by atoms with E-state index in [1.165, 1.54) is 7.11 Å². The molecule has 1 atom stereocenters. The summed E-state index contributed by atoms with van der Waals surface area (Å²) in [4.78, 5) is 11.4. The van der Waals surface area contributed by atoms with Crippen molar-refractivity contribution in [3.05, 3.63) is 53.6 Å². The summed E-state index contributed by atoms with van der Waals surface area (Å²) in [6.07, 6.45) is -1.50. The quantitative estimate of drug-likeness (QED) is 0.841. The van der Waals surface area contributed by atoms with E-state index in [1.807, 2.05) is 0 Å². The van der Waals surface area contributed by atoms with Crippen LogP contribution >= 0.6 is 0 Å². The van der Waals surface area contributed by atoms with Crippen molar-refractivity contribution in [2.45, 2.75) is 13.0 Å². The van der Waals surface area contributed by atoms with Gasteiger partial charge in [-0.1, -0.05) is 6.07 Å². The monoisotopic (exact) mass is 337 g/mol. The molecule has 1 unspecified atom stereocenters. The van der Waals surface area contributed by atoms with Crippen LogP contribution in [0.5, 0.6) is 17.2 Å². The fourth-order valence-electron chi connectivity index (χ4n) is 2.15. The molecule has 24 heavy (non-hydrogen) atoms. The van der Waals surface area contributed by atoms with Gasteiger partial charge in [0.25, 0.3) is 5.91 Å². The highest BCUT2D eigenvalue weighted by molar-refractivity contribution is 5.80. The van der Waals surface area contributed by atoms with Gasteiger partial charge in [0.05, 0.1) is 12.7 Å². The molecule has 0 heterocycles. The molecular formula is C17H17F2NO4. The Balaban J connectivity index is 2.33. The zero-order valence-corrected chi connectivity index (χ0v) is 13.2. The SMILES string of the molecule is CCOC(C(N)=O)c1c(F)cc(Oc2cccc(OC)c2)cc1F. The van der Waals surface area contributed by atoms with Crippen LogP contribution in [0.3, 0.4) is 0 Å². The molecule has 1 amide bonds. The lowest BCUT2D eigenvalue weighted by Gasteiger charge is -2.16. The first-order chi connectivity index (χ1) is 11.5. The Kier molecular flexibility index (Phi) is 5.70. The molecule has 0 spiro atoms. The molecule has 0 fully saturated rings. The fraction of sp³-hybridized carbons (Fsp3) is 0.235. The van der Waals surface area contributed by atoms with E-state index in [1.54, 1.807) is 31.2 Å². The summed E-state index contributed by atoms with van der Waals surface area (Å²) in [7, 11) is 1.49. The third-order valence-electron chi connectivity index (χ3n) is 3.18. The second-order valence-corrected chi connectivity index (χ2v) is 4.82. The molecule has 0 radical (unpaired) electrons. The lowest BCUT2D eigenvalue weighted by atomic mass is 10.1. The highest BCUT2D eigenvalue weighted by atomic mass is 19.1. The Hall–Kier alpha value is -2.67. The van der Waals surface area contributed by atoms with Gasteiger partial charge in [-0.2, -0.15) is 0 Å². The second-order valence-electron chi connectivity index (χ2n) is 4.82. The van der Waals surface area contributed by atoms with Crippen LogP contribution in [0.25, 0.3) is 0 Å². The van der Waals surface area contributed by atoms with Crippen molar-refractivity contribution >= 4 is 5.91 Å². The number of nitrogens with two attached hydrogens (primary N) is 1. The average molecular weight is 337 g/mol. The maximum atomic E-state index is 14.3. The summed E-state index contributed by atoms with van der Waals surface area (Å²) in [6, 6.07) is 8.48. The van der Waals surface area contributed by atoms with E-state index in [0.717, 1.165) is 12.1 Å². The van der Waals surface area contributed by atoms with Gasteiger partial charge in [-0.05, 0) is 19.1 Å². The molecule has 2 N–H and O–H groups in total. The maximum Gasteiger partial charge on any atom is 0.251 e. The summed E-state index contributed by atoms with van der Waals surface area (Å²) in [5.74, 6) is -2.12. The summed E-state index contributed by atoms with van der Waals surface area (Å²) in [5.41, 5.74) is 4.60. The minimum absolute atomic E-state index is 0.0679. The van der Waals surface area contributed by atoms with Crippen LogP contribution in [0, 0.1) is 11.6 Å². The highest BCUT2D eigenvalue weighted by Crippen LogP contribution is 2.31. The Morgan fingerprint density at radius 2 is 1.75 bits per heavy atom. The van der Waals surface area contributed by atoms with Crippen molar-refractivity contribution < 1.29 is 27.8 Å². The van der Waals surface area contributed by atoms with Crippen LogP contribution in [0.15, 0.2) is 36.4 Å². The van der Waals surface area contributed by atoms with Crippen molar-refractivity contribution in [1.82, 2.24) is 0 Å². The number of carbonyl (C=O) groups excluding carboxylic acids is 1. The molecule has 5 nitrogen and oxygen atoms in total. The lowest BCUT2D eigenvalue weighted by molar-refractivity contribution is -0.130. The van der Waals surface area contributed by atoms with E-state index < -0.39 is 29.2 Å². The van der Waals surface area contributed by atoms with Crippen LogP contribution in [-0.2, 0) is 9.53 Å². The lowest BCUT2D eigenvalue weighted by Crippen LogP contribution is -2.25.